The molecule has 2 heteroatoms. The minimum Gasteiger partial charge on any atom is -0.360 e. The van der Waals surface area contributed by atoms with E-state index in [2.05, 4.69) is 13.8 Å². The minimum atomic E-state index is 0. The quantitative estimate of drug-likeness (QED) is 0.661. The molecule has 0 aromatic carbocycles. The van der Waals surface area contributed by atoms with Crippen molar-refractivity contribution in [1.29, 1.82) is 0 Å². The molecule has 0 atom stereocenters. The summed E-state index contributed by atoms with van der Waals surface area (Å²) in [5, 5.41) is 0. The third kappa shape index (κ3) is 172. The molecule has 0 radical (unpaired) electrons. The van der Waals surface area contributed by atoms with Gasteiger partial charge in [0, 0.05) is 0 Å². The zero-order chi connectivity index (χ0) is 5.41. The molecule has 0 saturated carbocycles. The molecule has 7 heavy (non-hydrogen) atoms. The number of nitrogens with two attached hydrogens (primary N) is 1. The predicted octanol–water partition coefficient (Wildman–Crippen LogP) is 1.01. The van der Waals surface area contributed by atoms with Gasteiger partial charge in [-0.25, -0.2) is 0 Å². The first-order valence-electron chi connectivity index (χ1n) is 2.12. The SMILES string of the molecule is [CH2-]CC.[CH2-]CN.[U+2]. The standard InChI is InChI=1S/C3H7.C2H6N.U/c1-3-2;1-2-3;/h1,3H2,2H3;1-3H2;/q2*-1;+2. The summed E-state index contributed by atoms with van der Waals surface area (Å²) in [4.78, 5) is 0. The Morgan fingerprint density at radius 3 is 1.43 bits per heavy atom. The average molecular weight is 325 g/mol. The summed E-state index contributed by atoms with van der Waals surface area (Å²) in [5.41, 5.74) is 4.74. The van der Waals surface area contributed by atoms with E-state index in [1.807, 2.05) is 6.92 Å². The van der Waals surface area contributed by atoms with Crippen LogP contribution in [0, 0.1) is 45.0 Å². The Morgan fingerprint density at radius 1 is 1.43 bits per heavy atom. The van der Waals surface area contributed by atoms with Crippen molar-refractivity contribution in [3.63, 3.8) is 0 Å². The molecule has 0 aliphatic rings. The van der Waals surface area contributed by atoms with Crippen LogP contribution in [-0.4, -0.2) is 6.54 Å². The van der Waals surface area contributed by atoms with Gasteiger partial charge in [-0.05, 0) is 0 Å². The number of hydrogen-bond donors (Lipinski definition) is 1. The largest absolute Gasteiger partial charge is 2.00 e. The van der Waals surface area contributed by atoms with E-state index in [0.717, 1.165) is 6.42 Å². The molecule has 2 N–H and O–H groups in total. The van der Waals surface area contributed by atoms with Gasteiger partial charge in [-0.2, -0.15) is 6.42 Å². The molecule has 42 valence electrons. The maximum Gasteiger partial charge on any atom is 2.00 e. The van der Waals surface area contributed by atoms with Gasteiger partial charge in [-0.3, -0.25) is 0 Å². The van der Waals surface area contributed by atoms with Crippen molar-refractivity contribution in [2.24, 2.45) is 5.73 Å². The molecule has 0 heterocycles. The Hall–Kier alpha value is 1.01. The molecule has 1 nitrogen and oxygen atoms in total. The fraction of sp³-hybridized carbons (Fsp3) is 0.600. The van der Waals surface area contributed by atoms with Crippen molar-refractivity contribution in [2.45, 2.75) is 13.3 Å². The van der Waals surface area contributed by atoms with E-state index < -0.39 is 0 Å². The van der Waals surface area contributed by atoms with Gasteiger partial charge < -0.3 is 19.6 Å². The molecular weight excluding hydrogens is 312 g/mol. The van der Waals surface area contributed by atoms with Crippen LogP contribution < -0.4 is 5.73 Å². The van der Waals surface area contributed by atoms with E-state index in [-0.39, 0.29) is 31.1 Å². The van der Waals surface area contributed by atoms with Crippen molar-refractivity contribution >= 4 is 0 Å². The Labute approximate surface area is 70.4 Å². The van der Waals surface area contributed by atoms with Crippen LogP contribution in [0.1, 0.15) is 13.3 Å². The first-order chi connectivity index (χ1) is 2.83. The summed E-state index contributed by atoms with van der Waals surface area (Å²) in [5.74, 6) is 0. The summed E-state index contributed by atoms with van der Waals surface area (Å²) >= 11 is 0. The molecule has 0 spiro atoms. The average Bonchev–Trinajstić information content (AvgIpc) is 1.39. The molecule has 0 aromatic heterocycles. The summed E-state index contributed by atoms with van der Waals surface area (Å²) < 4.78 is 0. The van der Waals surface area contributed by atoms with E-state index in [4.69, 9.17) is 5.73 Å². The second-order valence-electron chi connectivity index (χ2n) is 0.789. The molecule has 0 aliphatic heterocycles. The predicted molar refractivity (Wildman–Crippen MR) is 30.1 cm³/mol. The summed E-state index contributed by atoms with van der Waals surface area (Å²) in [7, 11) is 0. The van der Waals surface area contributed by atoms with Gasteiger partial charge >= 0.3 is 31.1 Å². The third-order valence-corrected chi connectivity index (χ3v) is 0. The molecule has 0 aliphatic carbocycles. The van der Waals surface area contributed by atoms with Gasteiger partial charge in [0.15, 0.2) is 0 Å². The van der Waals surface area contributed by atoms with Crippen LogP contribution in [0.3, 0.4) is 0 Å². The van der Waals surface area contributed by atoms with E-state index >= 15 is 0 Å². The molecular formula is C5H13NU. The van der Waals surface area contributed by atoms with E-state index in [1.165, 1.54) is 0 Å². The Kier molecular flexibility index (Phi) is 62.6. The van der Waals surface area contributed by atoms with Gasteiger partial charge in [0.1, 0.15) is 0 Å². The first kappa shape index (κ1) is 15.7. The molecule has 0 amide bonds. The Bertz CT molecular complexity index is 10.0. The van der Waals surface area contributed by atoms with Crippen molar-refractivity contribution in [3.8, 4) is 0 Å². The summed E-state index contributed by atoms with van der Waals surface area (Å²) in [6.45, 7) is 9.26. The maximum atomic E-state index is 4.74. The van der Waals surface area contributed by atoms with Crippen LogP contribution in [0.15, 0.2) is 0 Å². The van der Waals surface area contributed by atoms with Crippen molar-refractivity contribution in [1.82, 2.24) is 0 Å². The topological polar surface area (TPSA) is 26.0 Å². The Morgan fingerprint density at radius 2 is 1.43 bits per heavy atom. The van der Waals surface area contributed by atoms with Gasteiger partial charge in [-0.1, -0.05) is 6.92 Å². The molecule has 0 aromatic rings. The van der Waals surface area contributed by atoms with E-state index in [9.17, 15) is 0 Å². The fourth-order valence-electron chi connectivity index (χ4n) is 0. The van der Waals surface area contributed by atoms with Crippen molar-refractivity contribution < 1.29 is 31.1 Å². The van der Waals surface area contributed by atoms with Crippen LogP contribution in [0.5, 0.6) is 0 Å². The van der Waals surface area contributed by atoms with E-state index in [0.29, 0.717) is 6.54 Å². The second kappa shape index (κ2) is 27.9. The minimum absolute atomic E-state index is 0. The van der Waals surface area contributed by atoms with E-state index in [1.54, 1.807) is 0 Å². The van der Waals surface area contributed by atoms with Gasteiger partial charge in [0.2, 0.25) is 0 Å². The van der Waals surface area contributed by atoms with Crippen LogP contribution in [0.2, 0.25) is 0 Å². The zero-order valence-corrected chi connectivity index (χ0v) is 9.07. The molecule has 0 saturated heterocycles. The van der Waals surface area contributed by atoms with Crippen LogP contribution in [-0.2, 0) is 0 Å². The van der Waals surface area contributed by atoms with Gasteiger partial charge in [0.25, 0.3) is 0 Å². The normalized spacial score (nSPS) is 5.14. The summed E-state index contributed by atoms with van der Waals surface area (Å²) in [6.07, 6.45) is 1.00. The third-order valence-electron chi connectivity index (χ3n) is 0. The molecule has 0 rings (SSSR count). The van der Waals surface area contributed by atoms with Crippen LogP contribution >= 0.6 is 0 Å². The smallest absolute Gasteiger partial charge is 0.360 e. The van der Waals surface area contributed by atoms with Crippen molar-refractivity contribution in [2.75, 3.05) is 6.54 Å². The number of hydrogen-bond acceptors (Lipinski definition) is 1. The van der Waals surface area contributed by atoms with Crippen LogP contribution in [0.25, 0.3) is 0 Å². The first-order valence-corrected chi connectivity index (χ1v) is 2.12. The monoisotopic (exact) mass is 325 g/mol. The van der Waals surface area contributed by atoms with Crippen molar-refractivity contribution in [3.05, 3.63) is 13.8 Å². The summed E-state index contributed by atoms with van der Waals surface area (Å²) in [6, 6.07) is 0. The molecule has 0 unspecified atom stereocenters. The zero-order valence-electron chi connectivity index (χ0n) is 4.91. The Balaban J connectivity index is -0.0000000400. The van der Waals surface area contributed by atoms with Gasteiger partial charge in [0.05, 0.1) is 0 Å². The number of rotatable bonds is 0. The fourth-order valence-corrected chi connectivity index (χ4v) is 0. The van der Waals surface area contributed by atoms with Crippen LogP contribution in [0.4, 0.5) is 0 Å². The second-order valence-corrected chi connectivity index (χ2v) is 0.789. The maximum absolute atomic E-state index is 4.74. The molecule has 0 bridgehead atoms. The van der Waals surface area contributed by atoms with Gasteiger partial charge in [-0.15, -0.1) is 6.54 Å². The molecule has 0 fully saturated rings.